The number of rotatable bonds is 5. The van der Waals surface area contributed by atoms with Crippen LogP contribution in [0.1, 0.15) is 50.1 Å². The second-order valence-electron chi connectivity index (χ2n) is 10.2. The van der Waals surface area contributed by atoms with E-state index in [1.807, 2.05) is 29.2 Å². The number of para-hydroxylation sites is 1. The van der Waals surface area contributed by atoms with E-state index < -0.39 is 11.9 Å². The number of fused-ring (bicyclic) bond motifs is 1. The molecular formula is C30H32FN3O3. The van der Waals surface area contributed by atoms with E-state index in [-0.39, 0.29) is 24.4 Å². The predicted octanol–water partition coefficient (Wildman–Crippen LogP) is 5.13. The molecule has 3 aliphatic heterocycles. The van der Waals surface area contributed by atoms with E-state index in [0.29, 0.717) is 18.9 Å². The first kappa shape index (κ1) is 23.9. The number of hydrogen-bond donors (Lipinski definition) is 0. The van der Waals surface area contributed by atoms with Gasteiger partial charge in [0.25, 0.3) is 5.91 Å². The highest BCUT2D eigenvalue weighted by atomic mass is 19.1. The SMILES string of the molecule is O=C1C(N(C(=O)CN2CCCC3=C2C=CCC3)c2cccc(F)c2)c2ccccc2N1C1CCOCC1. The van der Waals surface area contributed by atoms with Gasteiger partial charge >= 0.3 is 0 Å². The average molecular weight is 502 g/mol. The Kier molecular flexibility index (Phi) is 6.55. The van der Waals surface area contributed by atoms with Gasteiger partial charge < -0.3 is 14.5 Å². The van der Waals surface area contributed by atoms with E-state index in [0.717, 1.165) is 62.0 Å². The van der Waals surface area contributed by atoms with Crippen LogP contribution in [-0.2, 0) is 14.3 Å². The van der Waals surface area contributed by atoms with Crippen LogP contribution >= 0.6 is 0 Å². The summed E-state index contributed by atoms with van der Waals surface area (Å²) in [6, 6.07) is 12.9. The molecule has 2 amide bonds. The molecule has 37 heavy (non-hydrogen) atoms. The van der Waals surface area contributed by atoms with Crippen LogP contribution in [-0.4, -0.2) is 49.1 Å². The Balaban J connectivity index is 1.39. The lowest BCUT2D eigenvalue weighted by molar-refractivity contribution is -0.125. The molecule has 1 fully saturated rings. The van der Waals surface area contributed by atoms with E-state index in [2.05, 4.69) is 17.1 Å². The summed E-state index contributed by atoms with van der Waals surface area (Å²) in [6.07, 6.45) is 9.91. The third-order valence-electron chi connectivity index (χ3n) is 7.96. The smallest absolute Gasteiger partial charge is 0.255 e. The van der Waals surface area contributed by atoms with Crippen molar-refractivity contribution in [3.63, 3.8) is 0 Å². The van der Waals surface area contributed by atoms with Crippen molar-refractivity contribution in [2.75, 3.05) is 36.1 Å². The summed E-state index contributed by atoms with van der Waals surface area (Å²) in [5.74, 6) is -0.782. The van der Waals surface area contributed by atoms with Crippen LogP contribution in [0.4, 0.5) is 15.8 Å². The van der Waals surface area contributed by atoms with Gasteiger partial charge in [-0.2, -0.15) is 0 Å². The maximum atomic E-state index is 14.4. The number of carbonyl (C=O) groups excluding carboxylic acids is 2. The summed E-state index contributed by atoms with van der Waals surface area (Å²) in [5.41, 5.74) is 4.54. The summed E-state index contributed by atoms with van der Waals surface area (Å²) < 4.78 is 20.0. The van der Waals surface area contributed by atoms with E-state index >= 15 is 0 Å². The second-order valence-corrected chi connectivity index (χ2v) is 10.2. The maximum Gasteiger partial charge on any atom is 0.255 e. The molecule has 0 bridgehead atoms. The first-order chi connectivity index (χ1) is 18.1. The predicted molar refractivity (Wildman–Crippen MR) is 141 cm³/mol. The van der Waals surface area contributed by atoms with Gasteiger partial charge in [0, 0.05) is 48.4 Å². The van der Waals surface area contributed by atoms with Gasteiger partial charge in [-0.25, -0.2) is 4.39 Å². The number of allylic oxidation sites excluding steroid dienone is 3. The number of carbonyl (C=O) groups is 2. The lowest BCUT2D eigenvalue weighted by Crippen LogP contribution is -2.48. The van der Waals surface area contributed by atoms with Gasteiger partial charge in [0.05, 0.1) is 6.54 Å². The van der Waals surface area contributed by atoms with E-state index in [1.165, 1.54) is 22.6 Å². The summed E-state index contributed by atoms with van der Waals surface area (Å²) in [7, 11) is 0. The Hall–Kier alpha value is -3.45. The third-order valence-corrected chi connectivity index (χ3v) is 7.96. The van der Waals surface area contributed by atoms with Crippen LogP contribution in [0.5, 0.6) is 0 Å². The van der Waals surface area contributed by atoms with Gasteiger partial charge in [-0.15, -0.1) is 0 Å². The van der Waals surface area contributed by atoms with Crippen molar-refractivity contribution in [1.82, 2.24) is 4.90 Å². The van der Waals surface area contributed by atoms with E-state index in [9.17, 15) is 14.0 Å². The van der Waals surface area contributed by atoms with Gasteiger partial charge in [-0.3, -0.25) is 14.5 Å². The third kappa shape index (κ3) is 4.46. The molecule has 1 saturated heterocycles. The summed E-state index contributed by atoms with van der Waals surface area (Å²) in [5, 5.41) is 0. The minimum absolute atomic E-state index is 0.0130. The van der Waals surface area contributed by atoms with Gasteiger partial charge in [-0.1, -0.05) is 30.3 Å². The monoisotopic (exact) mass is 501 g/mol. The van der Waals surface area contributed by atoms with Crippen molar-refractivity contribution < 1.29 is 18.7 Å². The van der Waals surface area contributed by atoms with Crippen LogP contribution in [0.2, 0.25) is 0 Å². The van der Waals surface area contributed by atoms with Crippen molar-refractivity contribution in [2.24, 2.45) is 0 Å². The normalized spacial score (nSPS) is 21.8. The molecule has 6 rings (SSSR count). The number of hydrogen-bond acceptors (Lipinski definition) is 4. The van der Waals surface area contributed by atoms with Crippen LogP contribution in [0.25, 0.3) is 0 Å². The fourth-order valence-corrected chi connectivity index (χ4v) is 6.24. The quantitative estimate of drug-likeness (QED) is 0.570. The second kappa shape index (κ2) is 10.1. The number of anilines is 2. The first-order valence-corrected chi connectivity index (χ1v) is 13.3. The Bertz CT molecular complexity index is 1270. The zero-order valence-corrected chi connectivity index (χ0v) is 20.9. The van der Waals surface area contributed by atoms with Crippen molar-refractivity contribution in [3.05, 3.63) is 83.3 Å². The lowest BCUT2D eigenvalue weighted by atomic mass is 9.93. The number of benzene rings is 2. The highest BCUT2D eigenvalue weighted by Crippen LogP contribution is 2.44. The Morgan fingerprint density at radius 3 is 2.76 bits per heavy atom. The molecule has 0 aromatic heterocycles. The fourth-order valence-electron chi connectivity index (χ4n) is 6.24. The Morgan fingerprint density at radius 2 is 1.92 bits per heavy atom. The lowest BCUT2D eigenvalue weighted by Gasteiger charge is -2.37. The first-order valence-electron chi connectivity index (χ1n) is 13.3. The molecule has 3 heterocycles. The molecule has 0 N–H and O–H groups in total. The Labute approximate surface area is 217 Å². The molecule has 0 saturated carbocycles. The molecule has 2 aromatic rings. The fraction of sp³-hybridized carbons (Fsp3) is 0.400. The molecule has 7 heteroatoms. The van der Waals surface area contributed by atoms with Gasteiger partial charge in [0.1, 0.15) is 11.9 Å². The molecule has 1 aliphatic carbocycles. The van der Waals surface area contributed by atoms with Crippen LogP contribution < -0.4 is 9.80 Å². The summed E-state index contributed by atoms with van der Waals surface area (Å²) in [4.78, 5) is 33.8. The van der Waals surface area contributed by atoms with Gasteiger partial charge in [0.2, 0.25) is 5.91 Å². The Morgan fingerprint density at radius 1 is 1.08 bits per heavy atom. The molecule has 2 aromatic carbocycles. The molecule has 4 aliphatic rings. The molecule has 1 atom stereocenters. The highest BCUT2D eigenvalue weighted by Gasteiger charge is 2.46. The number of nitrogens with zero attached hydrogens (tertiary/aromatic N) is 3. The van der Waals surface area contributed by atoms with E-state index in [4.69, 9.17) is 4.74 Å². The van der Waals surface area contributed by atoms with Crippen molar-refractivity contribution in [3.8, 4) is 0 Å². The average Bonchev–Trinajstić information content (AvgIpc) is 3.21. The largest absolute Gasteiger partial charge is 0.381 e. The molecule has 6 nitrogen and oxygen atoms in total. The van der Waals surface area contributed by atoms with E-state index in [1.54, 1.807) is 12.1 Å². The summed E-state index contributed by atoms with van der Waals surface area (Å²) in [6.45, 7) is 2.14. The van der Waals surface area contributed by atoms with Gasteiger partial charge in [0.15, 0.2) is 0 Å². The number of halogens is 1. The minimum Gasteiger partial charge on any atom is -0.381 e. The number of ether oxygens (including phenoxy) is 1. The van der Waals surface area contributed by atoms with Crippen LogP contribution in [0.3, 0.4) is 0 Å². The molecule has 0 radical (unpaired) electrons. The molecule has 192 valence electrons. The maximum absolute atomic E-state index is 14.4. The standard InChI is InChI=1S/C30H32FN3O3/c31-22-9-5-10-24(19-22)34(28(35)20-32-16-6-8-21-7-1-3-12-26(21)32)29-25-11-2-4-13-27(25)33(30(29)36)23-14-17-37-18-15-23/h2-5,9-13,19,23,29H,1,6-8,14-18,20H2. The van der Waals surface area contributed by atoms with Crippen LogP contribution in [0, 0.1) is 5.82 Å². The van der Waals surface area contributed by atoms with Crippen molar-refractivity contribution in [1.29, 1.82) is 0 Å². The van der Waals surface area contributed by atoms with Crippen molar-refractivity contribution >= 4 is 23.2 Å². The summed E-state index contributed by atoms with van der Waals surface area (Å²) >= 11 is 0. The molecular weight excluding hydrogens is 469 g/mol. The van der Waals surface area contributed by atoms with Crippen LogP contribution in [0.15, 0.2) is 72.0 Å². The highest BCUT2D eigenvalue weighted by molar-refractivity contribution is 6.12. The van der Waals surface area contributed by atoms with Crippen molar-refractivity contribution in [2.45, 2.75) is 50.6 Å². The van der Waals surface area contributed by atoms with Gasteiger partial charge in [-0.05, 0) is 74.4 Å². The molecule has 1 unspecified atom stereocenters. The topological polar surface area (TPSA) is 53.1 Å². The number of amides is 2. The molecule has 0 spiro atoms. The zero-order valence-electron chi connectivity index (χ0n) is 20.9. The zero-order chi connectivity index (χ0) is 25.4. The minimum atomic E-state index is -0.839.